The molecule has 0 unspecified atom stereocenters. The molecule has 21 heavy (non-hydrogen) atoms. The first-order valence-electron chi connectivity index (χ1n) is 7.55. The molecule has 110 valence electrons. The van der Waals surface area contributed by atoms with Crippen molar-refractivity contribution in [2.45, 2.75) is 33.6 Å². The summed E-state index contributed by atoms with van der Waals surface area (Å²) in [7, 11) is 0. The van der Waals surface area contributed by atoms with Gasteiger partial charge in [-0.3, -0.25) is 0 Å². The Morgan fingerprint density at radius 3 is 2.86 bits per heavy atom. The Morgan fingerprint density at radius 1 is 1.19 bits per heavy atom. The Morgan fingerprint density at radius 2 is 2.05 bits per heavy atom. The van der Waals surface area contributed by atoms with Gasteiger partial charge in [0, 0.05) is 12.1 Å². The summed E-state index contributed by atoms with van der Waals surface area (Å²) in [6, 6.07) is 6.30. The van der Waals surface area contributed by atoms with Crippen LogP contribution in [0.25, 0.3) is 11.3 Å². The Labute approximate surface area is 125 Å². The van der Waals surface area contributed by atoms with Crippen molar-refractivity contribution in [1.29, 1.82) is 0 Å². The molecule has 1 aromatic heterocycles. The summed E-state index contributed by atoms with van der Waals surface area (Å²) in [6.07, 6.45) is 2.16. The number of aryl methyl sites for hydroxylation is 1. The van der Waals surface area contributed by atoms with E-state index in [4.69, 9.17) is 4.74 Å². The Hall–Kier alpha value is -2.10. The third-order valence-corrected chi connectivity index (χ3v) is 4.06. The van der Waals surface area contributed by atoms with Crippen LogP contribution in [0.15, 0.2) is 18.2 Å². The molecule has 4 heteroatoms. The van der Waals surface area contributed by atoms with Crippen LogP contribution in [0.3, 0.4) is 0 Å². The molecule has 0 bridgehead atoms. The van der Waals surface area contributed by atoms with Crippen molar-refractivity contribution in [3.8, 4) is 17.0 Å². The highest BCUT2D eigenvalue weighted by molar-refractivity contribution is 5.73. The lowest BCUT2D eigenvalue weighted by Gasteiger charge is -2.21. The maximum atomic E-state index is 5.90. The van der Waals surface area contributed by atoms with Crippen molar-refractivity contribution in [2.24, 2.45) is 0 Å². The molecule has 1 aromatic carbocycles. The van der Waals surface area contributed by atoms with Gasteiger partial charge in [-0.2, -0.15) is 0 Å². The molecule has 0 aliphatic carbocycles. The number of benzene rings is 1. The number of nitrogens with one attached hydrogen (secondary N) is 1. The van der Waals surface area contributed by atoms with E-state index >= 15 is 0 Å². The van der Waals surface area contributed by atoms with Crippen LogP contribution in [0, 0.1) is 13.8 Å². The van der Waals surface area contributed by atoms with Gasteiger partial charge in [0.1, 0.15) is 5.75 Å². The summed E-state index contributed by atoms with van der Waals surface area (Å²) < 4.78 is 5.90. The molecule has 0 radical (unpaired) electrons. The van der Waals surface area contributed by atoms with Gasteiger partial charge >= 0.3 is 0 Å². The molecule has 0 saturated carbocycles. The predicted octanol–water partition coefficient (Wildman–Crippen LogP) is 3.52. The highest BCUT2D eigenvalue weighted by Crippen LogP contribution is 2.37. The number of hydrogen-bond acceptors (Lipinski definition) is 4. The van der Waals surface area contributed by atoms with E-state index in [0.717, 1.165) is 59.9 Å². The fraction of sp³-hybridized carbons (Fsp3) is 0.412. The second-order valence-corrected chi connectivity index (χ2v) is 5.42. The molecule has 0 spiro atoms. The van der Waals surface area contributed by atoms with Crippen molar-refractivity contribution in [3.63, 3.8) is 0 Å². The number of nitrogens with zero attached hydrogens (tertiary/aromatic N) is 2. The van der Waals surface area contributed by atoms with Crippen LogP contribution in [-0.2, 0) is 6.42 Å². The number of para-hydroxylation sites is 1. The van der Waals surface area contributed by atoms with E-state index < -0.39 is 0 Å². The zero-order chi connectivity index (χ0) is 14.8. The molecule has 1 N–H and O–H groups in total. The topological polar surface area (TPSA) is 47.0 Å². The first kappa shape index (κ1) is 13.9. The minimum absolute atomic E-state index is 0.783. The lowest BCUT2D eigenvalue weighted by atomic mass is 9.97. The maximum Gasteiger partial charge on any atom is 0.151 e. The predicted molar refractivity (Wildman–Crippen MR) is 84.9 cm³/mol. The van der Waals surface area contributed by atoms with Crippen LogP contribution < -0.4 is 10.1 Å². The summed E-state index contributed by atoms with van der Waals surface area (Å²) >= 11 is 0. The van der Waals surface area contributed by atoms with E-state index in [0.29, 0.717) is 0 Å². The average Bonchev–Trinajstić information content (AvgIpc) is 2.52. The third kappa shape index (κ3) is 2.46. The van der Waals surface area contributed by atoms with E-state index in [1.165, 1.54) is 5.56 Å². The van der Waals surface area contributed by atoms with Gasteiger partial charge < -0.3 is 10.1 Å². The average molecular weight is 283 g/mol. The lowest BCUT2D eigenvalue weighted by molar-refractivity contribution is 0.289. The molecule has 1 aliphatic rings. The molecule has 3 rings (SSSR count). The van der Waals surface area contributed by atoms with E-state index in [1.54, 1.807) is 0 Å². The van der Waals surface area contributed by atoms with Crippen LogP contribution in [0.2, 0.25) is 0 Å². The summed E-state index contributed by atoms with van der Waals surface area (Å²) in [6.45, 7) is 7.87. The number of anilines is 1. The molecule has 0 amide bonds. The normalized spacial score (nSPS) is 13.5. The van der Waals surface area contributed by atoms with E-state index in [1.807, 2.05) is 0 Å². The maximum absolute atomic E-state index is 5.90. The zero-order valence-corrected chi connectivity index (χ0v) is 12.9. The number of fused-ring (bicyclic) bond motifs is 1. The SMILES string of the molecule is CCNc1nnc(-c2cccc3c2OCCC3)c(C)c1C. The summed E-state index contributed by atoms with van der Waals surface area (Å²) in [5, 5.41) is 12.0. The Kier molecular flexibility index (Phi) is 3.78. The molecule has 4 nitrogen and oxygen atoms in total. The van der Waals surface area contributed by atoms with E-state index in [2.05, 4.69) is 54.5 Å². The van der Waals surface area contributed by atoms with Crippen molar-refractivity contribution in [3.05, 3.63) is 34.9 Å². The van der Waals surface area contributed by atoms with Gasteiger partial charge in [0.15, 0.2) is 5.82 Å². The van der Waals surface area contributed by atoms with Crippen LogP contribution in [0.5, 0.6) is 5.75 Å². The molecule has 0 fully saturated rings. The van der Waals surface area contributed by atoms with Gasteiger partial charge in [0.2, 0.25) is 0 Å². The van der Waals surface area contributed by atoms with Crippen LogP contribution in [0.1, 0.15) is 30.0 Å². The summed E-state index contributed by atoms with van der Waals surface area (Å²) in [5.41, 5.74) is 5.56. The monoisotopic (exact) mass is 283 g/mol. The van der Waals surface area contributed by atoms with E-state index in [9.17, 15) is 0 Å². The van der Waals surface area contributed by atoms with Crippen LogP contribution in [0.4, 0.5) is 5.82 Å². The molecular weight excluding hydrogens is 262 g/mol. The second kappa shape index (κ2) is 5.72. The molecule has 2 heterocycles. The summed E-state index contributed by atoms with van der Waals surface area (Å²) in [4.78, 5) is 0. The van der Waals surface area contributed by atoms with Gasteiger partial charge in [-0.25, -0.2) is 0 Å². The fourth-order valence-electron chi connectivity index (χ4n) is 2.77. The third-order valence-electron chi connectivity index (χ3n) is 4.06. The molecule has 1 aliphatic heterocycles. The minimum Gasteiger partial charge on any atom is -0.493 e. The van der Waals surface area contributed by atoms with Gasteiger partial charge in [0.05, 0.1) is 12.3 Å². The van der Waals surface area contributed by atoms with Crippen molar-refractivity contribution < 1.29 is 4.74 Å². The Balaban J connectivity index is 2.11. The number of aromatic nitrogens is 2. The molecular formula is C17H21N3O. The first-order valence-corrected chi connectivity index (χ1v) is 7.55. The van der Waals surface area contributed by atoms with Gasteiger partial charge in [-0.05, 0) is 56.4 Å². The summed E-state index contributed by atoms with van der Waals surface area (Å²) in [5.74, 6) is 1.85. The Bertz CT molecular complexity index is 667. The second-order valence-electron chi connectivity index (χ2n) is 5.42. The van der Waals surface area contributed by atoms with Gasteiger partial charge in [-0.1, -0.05) is 12.1 Å². The standard InChI is InChI=1S/C17H21N3O/c1-4-18-17-12(3)11(2)15(19-20-17)14-9-5-7-13-8-6-10-21-16(13)14/h5,7,9H,4,6,8,10H2,1-3H3,(H,18,20). The zero-order valence-electron chi connectivity index (χ0n) is 12.9. The van der Waals surface area contributed by atoms with Crippen molar-refractivity contribution in [2.75, 3.05) is 18.5 Å². The smallest absolute Gasteiger partial charge is 0.151 e. The lowest BCUT2D eigenvalue weighted by Crippen LogP contribution is -2.11. The number of rotatable bonds is 3. The highest BCUT2D eigenvalue weighted by Gasteiger charge is 2.19. The molecule has 0 saturated heterocycles. The van der Waals surface area contributed by atoms with Crippen molar-refractivity contribution in [1.82, 2.24) is 10.2 Å². The quantitative estimate of drug-likeness (QED) is 0.936. The molecule has 2 aromatic rings. The largest absolute Gasteiger partial charge is 0.493 e. The first-order chi connectivity index (χ1) is 10.2. The van der Waals surface area contributed by atoms with E-state index in [-0.39, 0.29) is 0 Å². The highest BCUT2D eigenvalue weighted by atomic mass is 16.5. The van der Waals surface area contributed by atoms with Crippen LogP contribution >= 0.6 is 0 Å². The fourth-order valence-corrected chi connectivity index (χ4v) is 2.77. The minimum atomic E-state index is 0.783. The van der Waals surface area contributed by atoms with Gasteiger partial charge in [-0.15, -0.1) is 10.2 Å². The molecule has 0 atom stereocenters. The van der Waals surface area contributed by atoms with Crippen molar-refractivity contribution >= 4 is 5.82 Å². The number of ether oxygens (including phenoxy) is 1. The van der Waals surface area contributed by atoms with Crippen LogP contribution in [-0.4, -0.2) is 23.3 Å². The van der Waals surface area contributed by atoms with Gasteiger partial charge in [0.25, 0.3) is 0 Å². The number of hydrogen-bond donors (Lipinski definition) is 1.